The Kier molecular flexibility index (Phi) is 8.08. The van der Waals surface area contributed by atoms with Crippen molar-refractivity contribution in [3.05, 3.63) is 71.0 Å². The first-order chi connectivity index (χ1) is 16.2. The molecule has 2 atom stereocenters. The van der Waals surface area contributed by atoms with Gasteiger partial charge in [0.05, 0.1) is 20.3 Å². The van der Waals surface area contributed by atoms with Crippen LogP contribution < -0.4 is 14.9 Å². The minimum atomic E-state index is -4.13. The molecule has 0 fully saturated rings. The maximum Gasteiger partial charge on any atom is 0.427 e. The molecule has 0 aromatic heterocycles. The van der Waals surface area contributed by atoms with Crippen LogP contribution in [0.15, 0.2) is 64.6 Å². The molecule has 3 aromatic carbocycles. The normalized spacial score (nSPS) is 13.6. The minimum absolute atomic E-state index is 0.0586. The molecule has 0 aliphatic carbocycles. The Morgan fingerprint density at radius 3 is 2.53 bits per heavy atom. The summed E-state index contributed by atoms with van der Waals surface area (Å²) in [6.45, 7) is 1.76. The zero-order chi connectivity index (χ0) is 24.9. The Hall–Kier alpha value is -3.21. The largest absolute Gasteiger partial charge is 0.495 e. The lowest BCUT2D eigenvalue weighted by Gasteiger charge is -2.24. The van der Waals surface area contributed by atoms with Crippen molar-refractivity contribution < 1.29 is 27.1 Å². The Morgan fingerprint density at radius 2 is 1.82 bits per heavy atom. The molecule has 0 heterocycles. The molecule has 34 heavy (non-hydrogen) atoms. The quantitative estimate of drug-likeness (QED) is 0.346. The molecule has 0 aliphatic rings. The van der Waals surface area contributed by atoms with Crippen LogP contribution in [0.25, 0.3) is 10.8 Å². The number of benzene rings is 3. The highest BCUT2D eigenvalue weighted by atomic mass is 35.5. The standard InChI is InChI=1S/C23H23ClFN3O5S/c1-14(16-6-4-8-18-17(16)7-5-9-19(18)25)20(13-26-27-23(29)33-3)28-34(30,31)22-11-10-15(24)12-21(22)32-2/h4-14,20,28H,1-3H3,(H,27,29)/b26-13+. The van der Waals surface area contributed by atoms with Crippen LogP contribution in [0.3, 0.4) is 0 Å². The first-order valence-electron chi connectivity index (χ1n) is 10.1. The molecule has 0 saturated heterocycles. The van der Waals surface area contributed by atoms with Crippen LogP contribution in [0.4, 0.5) is 9.18 Å². The van der Waals surface area contributed by atoms with E-state index in [1.165, 1.54) is 44.7 Å². The lowest BCUT2D eigenvalue weighted by molar-refractivity contribution is 0.171. The second-order valence-electron chi connectivity index (χ2n) is 7.29. The number of ether oxygens (including phenoxy) is 2. The van der Waals surface area contributed by atoms with Gasteiger partial charge in [-0.2, -0.15) is 5.10 Å². The number of rotatable bonds is 8. The number of halogens is 2. The molecule has 2 N–H and O–H groups in total. The van der Waals surface area contributed by atoms with Crippen molar-refractivity contribution in [2.45, 2.75) is 23.8 Å². The monoisotopic (exact) mass is 507 g/mol. The molecule has 0 radical (unpaired) electrons. The number of hydrogen-bond acceptors (Lipinski definition) is 6. The Balaban J connectivity index is 2.04. The molecule has 0 saturated carbocycles. The summed E-state index contributed by atoms with van der Waals surface area (Å²) in [5, 5.41) is 5.15. The van der Waals surface area contributed by atoms with Crippen LogP contribution in [0.1, 0.15) is 18.4 Å². The predicted octanol–water partition coefficient (Wildman–Crippen LogP) is 4.43. The number of sulfonamides is 1. The topological polar surface area (TPSA) is 106 Å². The molecule has 1 amide bonds. The van der Waals surface area contributed by atoms with Gasteiger partial charge in [-0.15, -0.1) is 0 Å². The van der Waals surface area contributed by atoms with E-state index in [1.54, 1.807) is 37.3 Å². The highest BCUT2D eigenvalue weighted by Crippen LogP contribution is 2.31. The highest BCUT2D eigenvalue weighted by molar-refractivity contribution is 7.89. The van der Waals surface area contributed by atoms with Crippen molar-refractivity contribution in [1.29, 1.82) is 0 Å². The summed E-state index contributed by atoms with van der Waals surface area (Å²) >= 11 is 5.96. The van der Waals surface area contributed by atoms with Crippen LogP contribution >= 0.6 is 11.6 Å². The smallest absolute Gasteiger partial charge is 0.427 e. The van der Waals surface area contributed by atoms with Crippen LogP contribution in [-0.4, -0.2) is 41.0 Å². The van der Waals surface area contributed by atoms with Crippen molar-refractivity contribution in [1.82, 2.24) is 10.1 Å². The number of carbonyl (C=O) groups excluding carboxylic acids is 1. The first kappa shape index (κ1) is 25.4. The zero-order valence-electron chi connectivity index (χ0n) is 18.6. The molecular weight excluding hydrogens is 485 g/mol. The maximum atomic E-state index is 14.3. The zero-order valence-corrected chi connectivity index (χ0v) is 20.2. The molecule has 180 valence electrons. The van der Waals surface area contributed by atoms with Gasteiger partial charge < -0.3 is 9.47 Å². The van der Waals surface area contributed by atoms with Gasteiger partial charge >= 0.3 is 6.09 Å². The van der Waals surface area contributed by atoms with Crippen molar-refractivity contribution in [3.8, 4) is 5.75 Å². The molecule has 0 spiro atoms. The molecule has 3 rings (SSSR count). The molecule has 2 unspecified atom stereocenters. The van der Waals surface area contributed by atoms with Gasteiger partial charge in [0.15, 0.2) is 0 Å². The average Bonchev–Trinajstić information content (AvgIpc) is 2.82. The number of methoxy groups -OCH3 is 2. The van der Waals surface area contributed by atoms with Crippen LogP contribution in [-0.2, 0) is 14.8 Å². The third kappa shape index (κ3) is 5.64. The summed E-state index contributed by atoms with van der Waals surface area (Å²) in [7, 11) is -1.63. The van der Waals surface area contributed by atoms with Gasteiger partial charge in [-0.05, 0) is 29.1 Å². The van der Waals surface area contributed by atoms with Crippen LogP contribution in [0.5, 0.6) is 5.75 Å². The van der Waals surface area contributed by atoms with E-state index in [4.69, 9.17) is 16.3 Å². The fourth-order valence-electron chi connectivity index (χ4n) is 3.47. The van der Waals surface area contributed by atoms with Crippen LogP contribution in [0.2, 0.25) is 5.02 Å². The second-order valence-corrected chi connectivity index (χ2v) is 9.41. The Labute approximate surface area is 201 Å². The van der Waals surface area contributed by atoms with Crippen molar-refractivity contribution >= 4 is 44.7 Å². The second kappa shape index (κ2) is 10.8. The third-order valence-corrected chi connectivity index (χ3v) is 6.95. The van der Waals surface area contributed by atoms with E-state index in [-0.39, 0.29) is 10.6 Å². The molecule has 11 heteroatoms. The van der Waals surface area contributed by atoms with Crippen molar-refractivity contribution in [3.63, 3.8) is 0 Å². The number of nitrogens with one attached hydrogen (secondary N) is 2. The van der Waals surface area contributed by atoms with E-state index >= 15 is 0 Å². The van der Waals surface area contributed by atoms with Gasteiger partial charge in [0.1, 0.15) is 16.5 Å². The lowest BCUT2D eigenvalue weighted by atomic mass is 9.90. The van der Waals surface area contributed by atoms with Gasteiger partial charge in [-0.25, -0.2) is 27.8 Å². The predicted molar refractivity (Wildman–Crippen MR) is 128 cm³/mol. The number of nitrogens with zero attached hydrogens (tertiary/aromatic N) is 1. The summed E-state index contributed by atoms with van der Waals surface area (Å²) < 4.78 is 53.1. The number of carbonyl (C=O) groups is 1. The van der Waals surface area contributed by atoms with E-state index in [9.17, 15) is 17.6 Å². The summed E-state index contributed by atoms with van der Waals surface area (Å²) in [6.07, 6.45) is 0.414. The maximum absolute atomic E-state index is 14.3. The SMILES string of the molecule is COC(=O)N/N=C/C(NS(=O)(=O)c1ccc(Cl)cc1OC)C(C)c1cccc2c(F)cccc12. The van der Waals surface area contributed by atoms with Crippen molar-refractivity contribution in [2.75, 3.05) is 14.2 Å². The van der Waals surface area contributed by atoms with Gasteiger partial charge in [-0.3, -0.25) is 0 Å². The van der Waals surface area contributed by atoms with Gasteiger partial charge in [0.25, 0.3) is 0 Å². The van der Waals surface area contributed by atoms with Gasteiger partial charge in [0.2, 0.25) is 10.0 Å². The molecule has 8 nitrogen and oxygen atoms in total. The van der Waals surface area contributed by atoms with Crippen molar-refractivity contribution in [2.24, 2.45) is 5.10 Å². The van der Waals surface area contributed by atoms with E-state index in [0.29, 0.717) is 21.4 Å². The van der Waals surface area contributed by atoms with Gasteiger partial charge in [0, 0.05) is 28.6 Å². The lowest BCUT2D eigenvalue weighted by Crippen LogP contribution is -2.40. The molecule has 0 aliphatic heterocycles. The molecular formula is C23H23ClFN3O5S. The van der Waals surface area contributed by atoms with Gasteiger partial charge in [-0.1, -0.05) is 48.9 Å². The summed E-state index contributed by atoms with van der Waals surface area (Å²) in [5.41, 5.74) is 2.82. The Morgan fingerprint density at radius 1 is 1.12 bits per heavy atom. The number of hydrazone groups is 1. The summed E-state index contributed by atoms with van der Waals surface area (Å²) in [4.78, 5) is 11.3. The number of fused-ring (bicyclic) bond motifs is 1. The third-order valence-electron chi connectivity index (χ3n) is 5.21. The summed E-state index contributed by atoms with van der Waals surface area (Å²) in [6, 6.07) is 13.0. The fraction of sp³-hybridized carbons (Fsp3) is 0.217. The number of amides is 1. The van der Waals surface area contributed by atoms with E-state index < -0.39 is 33.9 Å². The van der Waals surface area contributed by atoms with E-state index in [2.05, 4.69) is 20.0 Å². The first-order valence-corrected chi connectivity index (χ1v) is 11.9. The van der Waals surface area contributed by atoms with E-state index in [1.807, 2.05) is 0 Å². The van der Waals surface area contributed by atoms with E-state index in [0.717, 1.165) is 0 Å². The average molecular weight is 508 g/mol. The van der Waals surface area contributed by atoms with Crippen LogP contribution in [0, 0.1) is 5.82 Å². The minimum Gasteiger partial charge on any atom is -0.495 e. The molecule has 3 aromatic rings. The molecule has 0 bridgehead atoms. The summed E-state index contributed by atoms with van der Waals surface area (Å²) in [5.74, 6) is -0.861. The fourth-order valence-corrected chi connectivity index (χ4v) is 5.04. The Bertz CT molecular complexity index is 1330. The number of hydrogen-bond donors (Lipinski definition) is 2. The highest BCUT2D eigenvalue weighted by Gasteiger charge is 2.28.